The van der Waals surface area contributed by atoms with Crippen LogP contribution in [-0.2, 0) is 6.42 Å². The van der Waals surface area contributed by atoms with Gasteiger partial charge in [0.1, 0.15) is 0 Å². The fourth-order valence-corrected chi connectivity index (χ4v) is 4.68. The number of hydrogen-bond donors (Lipinski definition) is 1. The zero-order chi connectivity index (χ0) is 10.7. The Labute approximate surface area is 98.8 Å². The summed E-state index contributed by atoms with van der Waals surface area (Å²) >= 11 is 3.86. The molecule has 2 heterocycles. The molecule has 1 aromatic heterocycles. The standard InChI is InChI=1S/C11H16O2S2/c1-8-11(15-5-4-14-8)10(12)6-9-2-3-13-7-9/h2-3,7-8,10-12H,4-6H2,1H3. The lowest BCUT2D eigenvalue weighted by atomic mass is 10.1. The van der Waals surface area contributed by atoms with Crippen LogP contribution in [0.2, 0.25) is 0 Å². The third-order valence-electron chi connectivity index (χ3n) is 2.64. The Bertz CT molecular complexity index is 287. The molecule has 1 aliphatic heterocycles. The van der Waals surface area contributed by atoms with Gasteiger partial charge >= 0.3 is 0 Å². The van der Waals surface area contributed by atoms with Gasteiger partial charge in [0.25, 0.3) is 0 Å². The van der Waals surface area contributed by atoms with Crippen molar-refractivity contribution in [2.75, 3.05) is 11.5 Å². The normalized spacial score (nSPS) is 28.9. The molecule has 0 spiro atoms. The van der Waals surface area contributed by atoms with Crippen LogP contribution in [0.15, 0.2) is 23.0 Å². The summed E-state index contributed by atoms with van der Waals surface area (Å²) in [6, 6.07) is 1.93. The van der Waals surface area contributed by atoms with E-state index in [1.165, 1.54) is 5.75 Å². The van der Waals surface area contributed by atoms with E-state index < -0.39 is 0 Å². The maximum absolute atomic E-state index is 10.1. The lowest BCUT2D eigenvalue weighted by molar-refractivity contribution is 0.171. The van der Waals surface area contributed by atoms with Gasteiger partial charge in [0.05, 0.1) is 18.6 Å². The first-order chi connectivity index (χ1) is 7.27. The molecule has 0 aliphatic carbocycles. The Kier molecular flexibility index (Phi) is 4.05. The molecule has 1 saturated heterocycles. The number of aliphatic hydroxyl groups is 1. The molecule has 4 heteroatoms. The predicted octanol–water partition coefficient (Wildman–Crippen LogP) is 2.42. The van der Waals surface area contributed by atoms with Gasteiger partial charge in [0, 0.05) is 28.4 Å². The van der Waals surface area contributed by atoms with Gasteiger partial charge in [-0.3, -0.25) is 0 Å². The van der Waals surface area contributed by atoms with Crippen LogP contribution in [0.5, 0.6) is 0 Å². The molecule has 0 radical (unpaired) electrons. The molecule has 0 saturated carbocycles. The minimum absolute atomic E-state index is 0.254. The highest BCUT2D eigenvalue weighted by atomic mass is 32.2. The van der Waals surface area contributed by atoms with E-state index in [0.29, 0.717) is 16.9 Å². The molecule has 0 amide bonds. The van der Waals surface area contributed by atoms with Crippen molar-refractivity contribution < 1.29 is 9.52 Å². The zero-order valence-corrected chi connectivity index (χ0v) is 10.4. The van der Waals surface area contributed by atoms with Crippen LogP contribution in [0.1, 0.15) is 12.5 Å². The van der Waals surface area contributed by atoms with Crippen molar-refractivity contribution in [2.24, 2.45) is 0 Å². The van der Waals surface area contributed by atoms with E-state index in [9.17, 15) is 5.11 Å². The average Bonchev–Trinajstić information content (AvgIpc) is 2.71. The number of furan rings is 1. The summed E-state index contributed by atoms with van der Waals surface area (Å²) in [6.45, 7) is 2.21. The van der Waals surface area contributed by atoms with Crippen molar-refractivity contribution in [3.8, 4) is 0 Å². The van der Waals surface area contributed by atoms with Crippen molar-refractivity contribution >= 4 is 23.5 Å². The second-order valence-corrected chi connectivity index (χ2v) is 6.59. The van der Waals surface area contributed by atoms with Gasteiger partial charge in [-0.15, -0.1) is 0 Å². The second-order valence-electron chi connectivity index (χ2n) is 3.81. The van der Waals surface area contributed by atoms with Crippen molar-refractivity contribution in [1.29, 1.82) is 0 Å². The third-order valence-corrected chi connectivity index (χ3v) is 5.88. The van der Waals surface area contributed by atoms with E-state index in [4.69, 9.17) is 4.42 Å². The number of hydrogen-bond acceptors (Lipinski definition) is 4. The molecule has 1 N–H and O–H groups in total. The summed E-state index contributed by atoms with van der Waals surface area (Å²) in [5.41, 5.74) is 1.09. The molecule has 84 valence electrons. The molecule has 3 atom stereocenters. The van der Waals surface area contributed by atoms with Gasteiger partial charge in [-0.2, -0.15) is 23.5 Å². The minimum Gasteiger partial charge on any atom is -0.472 e. The summed E-state index contributed by atoms with van der Waals surface area (Å²) < 4.78 is 5.01. The molecule has 15 heavy (non-hydrogen) atoms. The molecule has 0 aromatic carbocycles. The van der Waals surface area contributed by atoms with Crippen molar-refractivity contribution in [2.45, 2.75) is 29.9 Å². The quantitative estimate of drug-likeness (QED) is 0.885. The van der Waals surface area contributed by atoms with Gasteiger partial charge in [-0.1, -0.05) is 6.92 Å². The van der Waals surface area contributed by atoms with Gasteiger partial charge in [0.2, 0.25) is 0 Å². The monoisotopic (exact) mass is 244 g/mol. The van der Waals surface area contributed by atoms with E-state index >= 15 is 0 Å². The molecule has 1 aliphatic rings. The Morgan fingerprint density at radius 3 is 3.00 bits per heavy atom. The Hall–Kier alpha value is -0.0600. The molecular formula is C11H16O2S2. The fraction of sp³-hybridized carbons (Fsp3) is 0.636. The van der Waals surface area contributed by atoms with E-state index in [1.807, 2.05) is 29.6 Å². The lowest BCUT2D eigenvalue weighted by Crippen LogP contribution is -2.35. The second kappa shape index (κ2) is 5.32. The van der Waals surface area contributed by atoms with E-state index in [0.717, 1.165) is 11.3 Å². The molecule has 2 nitrogen and oxygen atoms in total. The van der Waals surface area contributed by atoms with Crippen LogP contribution in [0.25, 0.3) is 0 Å². The first kappa shape index (κ1) is 11.4. The number of thioether (sulfide) groups is 2. The van der Waals surface area contributed by atoms with Crippen LogP contribution in [0, 0.1) is 0 Å². The third kappa shape index (κ3) is 2.95. The highest BCUT2D eigenvalue weighted by Crippen LogP contribution is 2.33. The average molecular weight is 244 g/mol. The minimum atomic E-state index is -0.254. The summed E-state index contributed by atoms with van der Waals surface area (Å²) in [6.07, 6.45) is 3.83. The maximum Gasteiger partial charge on any atom is 0.0935 e. The predicted molar refractivity (Wildman–Crippen MR) is 66.6 cm³/mol. The zero-order valence-electron chi connectivity index (χ0n) is 8.76. The number of rotatable bonds is 3. The van der Waals surface area contributed by atoms with Crippen molar-refractivity contribution in [3.05, 3.63) is 24.2 Å². The first-order valence-corrected chi connectivity index (χ1v) is 7.29. The Balaban J connectivity index is 1.91. The summed E-state index contributed by atoms with van der Waals surface area (Å²) in [5.74, 6) is 2.36. The number of aliphatic hydroxyl groups excluding tert-OH is 1. The van der Waals surface area contributed by atoms with Crippen LogP contribution in [-0.4, -0.2) is 33.2 Å². The highest BCUT2D eigenvalue weighted by molar-refractivity contribution is 8.07. The molecule has 0 bridgehead atoms. The molecule has 3 unspecified atom stereocenters. The smallest absolute Gasteiger partial charge is 0.0935 e. The molecular weight excluding hydrogens is 228 g/mol. The van der Waals surface area contributed by atoms with Crippen molar-refractivity contribution in [3.63, 3.8) is 0 Å². The highest BCUT2D eigenvalue weighted by Gasteiger charge is 2.29. The topological polar surface area (TPSA) is 33.4 Å². The van der Waals surface area contributed by atoms with Crippen LogP contribution >= 0.6 is 23.5 Å². The molecule has 1 aromatic rings. The summed E-state index contributed by atoms with van der Waals surface area (Å²) in [5, 5.41) is 11.0. The summed E-state index contributed by atoms with van der Waals surface area (Å²) in [7, 11) is 0. The van der Waals surface area contributed by atoms with Gasteiger partial charge in [-0.25, -0.2) is 0 Å². The molecule has 2 rings (SSSR count). The lowest BCUT2D eigenvalue weighted by Gasteiger charge is -2.31. The van der Waals surface area contributed by atoms with Gasteiger partial charge in [0.15, 0.2) is 0 Å². The van der Waals surface area contributed by atoms with Gasteiger partial charge < -0.3 is 9.52 Å². The SMILES string of the molecule is CC1SCCSC1C(O)Cc1ccoc1. The van der Waals surface area contributed by atoms with Gasteiger partial charge in [-0.05, 0) is 11.6 Å². The van der Waals surface area contributed by atoms with E-state index in [-0.39, 0.29) is 6.10 Å². The summed E-state index contributed by atoms with van der Waals surface area (Å²) in [4.78, 5) is 0. The van der Waals surface area contributed by atoms with Crippen LogP contribution in [0.4, 0.5) is 0 Å². The van der Waals surface area contributed by atoms with Crippen LogP contribution in [0.3, 0.4) is 0 Å². The maximum atomic E-state index is 10.1. The fourth-order valence-electron chi connectivity index (χ4n) is 1.84. The first-order valence-electron chi connectivity index (χ1n) is 5.19. The largest absolute Gasteiger partial charge is 0.472 e. The van der Waals surface area contributed by atoms with Crippen molar-refractivity contribution in [1.82, 2.24) is 0 Å². The van der Waals surface area contributed by atoms with E-state index in [1.54, 1.807) is 12.5 Å². The van der Waals surface area contributed by atoms with E-state index in [2.05, 4.69) is 6.92 Å². The Morgan fingerprint density at radius 2 is 2.33 bits per heavy atom. The van der Waals surface area contributed by atoms with Crippen LogP contribution < -0.4 is 0 Å². The Morgan fingerprint density at radius 1 is 1.53 bits per heavy atom. The molecule has 1 fully saturated rings.